The van der Waals surface area contributed by atoms with E-state index >= 15 is 0 Å². The number of sulfone groups is 1. The summed E-state index contributed by atoms with van der Waals surface area (Å²) in [5.74, 6) is 0.479. The van der Waals surface area contributed by atoms with Gasteiger partial charge in [-0.05, 0) is 55.0 Å². The van der Waals surface area contributed by atoms with Gasteiger partial charge in [0, 0.05) is 17.8 Å². The zero-order valence-electron chi connectivity index (χ0n) is 17.0. The summed E-state index contributed by atoms with van der Waals surface area (Å²) in [6.45, 7) is 2.41. The minimum Gasteiger partial charge on any atom is -0.497 e. The number of halogens is 1. The maximum absolute atomic E-state index is 13.3. The number of aromatic nitrogens is 1. The van der Waals surface area contributed by atoms with Gasteiger partial charge in [0.1, 0.15) is 10.6 Å². The molecule has 0 fully saturated rings. The summed E-state index contributed by atoms with van der Waals surface area (Å²) < 4.78 is 33.7. The molecule has 0 aliphatic rings. The van der Waals surface area contributed by atoms with Crippen molar-refractivity contribution < 1.29 is 13.2 Å². The molecule has 1 aromatic heterocycles. The lowest BCUT2D eigenvalue weighted by atomic mass is 10.1. The molecule has 1 heterocycles. The number of benzene rings is 3. The van der Waals surface area contributed by atoms with Crippen molar-refractivity contribution >= 4 is 32.3 Å². The Morgan fingerprint density at radius 1 is 0.968 bits per heavy atom. The second kappa shape index (κ2) is 8.21. The molecule has 5 nitrogen and oxygen atoms in total. The predicted octanol–water partition coefficient (Wildman–Crippen LogP) is 4.85. The van der Waals surface area contributed by atoms with E-state index in [0.29, 0.717) is 22.8 Å². The van der Waals surface area contributed by atoms with Gasteiger partial charge in [-0.1, -0.05) is 41.4 Å². The van der Waals surface area contributed by atoms with Crippen LogP contribution in [0.5, 0.6) is 5.75 Å². The van der Waals surface area contributed by atoms with Crippen LogP contribution in [-0.4, -0.2) is 20.1 Å². The highest BCUT2D eigenvalue weighted by Gasteiger charge is 2.24. The first-order valence-electron chi connectivity index (χ1n) is 9.57. The van der Waals surface area contributed by atoms with Gasteiger partial charge in [0.15, 0.2) is 0 Å². The fraction of sp³-hybridized carbons (Fsp3) is 0.125. The summed E-state index contributed by atoms with van der Waals surface area (Å²) in [6.07, 6.45) is 1.42. The Labute approximate surface area is 185 Å². The third kappa shape index (κ3) is 4.09. The molecule has 0 atom stereocenters. The number of fused-ring (bicyclic) bond motifs is 1. The van der Waals surface area contributed by atoms with Gasteiger partial charge in [-0.25, -0.2) is 8.42 Å². The van der Waals surface area contributed by atoms with Crippen LogP contribution >= 0.6 is 11.6 Å². The number of rotatable bonds is 5. The van der Waals surface area contributed by atoms with Crippen molar-refractivity contribution in [2.75, 3.05) is 7.11 Å². The number of ether oxygens (including phenoxy) is 1. The fourth-order valence-corrected chi connectivity index (χ4v) is 4.92. The van der Waals surface area contributed by atoms with Gasteiger partial charge in [0.25, 0.3) is 0 Å². The standard InChI is InChI=1S/C24H20ClNO4S/c1-16-3-5-17(6-4-16)14-26-15-23(31(28,29)20-10-7-18(25)8-11-20)24(27)21-13-19(30-2)9-12-22(21)26/h3-13,15H,14H2,1-2H3. The molecule has 0 aliphatic carbocycles. The zero-order chi connectivity index (χ0) is 22.2. The molecule has 0 saturated heterocycles. The van der Waals surface area contributed by atoms with Crippen LogP contribution in [0.1, 0.15) is 11.1 Å². The molecule has 0 N–H and O–H groups in total. The second-order valence-electron chi connectivity index (χ2n) is 7.28. The van der Waals surface area contributed by atoms with E-state index in [1.807, 2.05) is 31.2 Å². The third-order valence-electron chi connectivity index (χ3n) is 5.14. The minimum atomic E-state index is -4.05. The summed E-state index contributed by atoms with van der Waals surface area (Å²) in [7, 11) is -2.55. The Bertz CT molecular complexity index is 1420. The van der Waals surface area contributed by atoms with Gasteiger partial charge in [-0.3, -0.25) is 4.79 Å². The second-order valence-corrected chi connectivity index (χ2v) is 9.63. The van der Waals surface area contributed by atoms with Crippen LogP contribution in [-0.2, 0) is 16.4 Å². The van der Waals surface area contributed by atoms with E-state index in [0.717, 1.165) is 11.1 Å². The molecular weight excluding hydrogens is 434 g/mol. The summed E-state index contributed by atoms with van der Waals surface area (Å²) in [5.41, 5.74) is 2.18. The van der Waals surface area contributed by atoms with Crippen LogP contribution < -0.4 is 10.2 Å². The van der Waals surface area contributed by atoms with Crippen molar-refractivity contribution in [3.8, 4) is 5.75 Å². The van der Waals surface area contributed by atoms with E-state index in [9.17, 15) is 13.2 Å². The Balaban J connectivity index is 1.96. The first kappa shape index (κ1) is 21.2. The Morgan fingerprint density at radius 3 is 2.29 bits per heavy atom. The summed E-state index contributed by atoms with van der Waals surface area (Å²) in [5, 5.41) is 0.695. The lowest BCUT2D eigenvalue weighted by molar-refractivity contribution is 0.415. The van der Waals surface area contributed by atoms with Gasteiger partial charge in [0.05, 0.1) is 22.9 Å². The van der Waals surface area contributed by atoms with Crippen molar-refractivity contribution in [2.24, 2.45) is 0 Å². The largest absolute Gasteiger partial charge is 0.497 e. The monoisotopic (exact) mass is 453 g/mol. The molecule has 4 aromatic rings. The van der Waals surface area contributed by atoms with E-state index in [-0.39, 0.29) is 15.2 Å². The molecule has 0 spiro atoms. The highest BCUT2D eigenvalue weighted by atomic mass is 35.5. The molecule has 158 valence electrons. The van der Waals surface area contributed by atoms with E-state index in [2.05, 4.69) is 0 Å². The van der Waals surface area contributed by atoms with Crippen LogP contribution in [0.25, 0.3) is 10.9 Å². The smallest absolute Gasteiger partial charge is 0.211 e. The fourth-order valence-electron chi connectivity index (χ4n) is 3.43. The van der Waals surface area contributed by atoms with Crippen molar-refractivity contribution in [3.63, 3.8) is 0 Å². The number of hydrogen-bond acceptors (Lipinski definition) is 4. The van der Waals surface area contributed by atoms with Gasteiger partial charge in [-0.2, -0.15) is 0 Å². The summed E-state index contributed by atoms with van der Waals surface area (Å²) in [6, 6.07) is 18.8. The number of pyridine rings is 1. The van der Waals surface area contributed by atoms with Gasteiger partial charge in [-0.15, -0.1) is 0 Å². The molecule has 0 radical (unpaired) electrons. The maximum Gasteiger partial charge on any atom is 0.211 e. The molecule has 4 rings (SSSR count). The lowest BCUT2D eigenvalue weighted by Crippen LogP contribution is -2.19. The van der Waals surface area contributed by atoms with Gasteiger partial charge < -0.3 is 9.30 Å². The highest BCUT2D eigenvalue weighted by molar-refractivity contribution is 7.91. The van der Waals surface area contributed by atoms with E-state index in [4.69, 9.17) is 16.3 Å². The summed E-state index contributed by atoms with van der Waals surface area (Å²) in [4.78, 5) is 13.0. The van der Waals surface area contributed by atoms with Crippen LogP contribution in [0.4, 0.5) is 0 Å². The van der Waals surface area contributed by atoms with Crippen LogP contribution in [0, 0.1) is 6.92 Å². The Morgan fingerprint density at radius 2 is 1.65 bits per heavy atom. The normalized spacial score (nSPS) is 11.6. The van der Waals surface area contributed by atoms with Crippen LogP contribution in [0.2, 0.25) is 5.02 Å². The SMILES string of the molecule is COc1ccc2c(c1)c(=O)c(S(=O)(=O)c1ccc(Cl)cc1)cn2Cc1ccc(C)cc1. The number of methoxy groups -OCH3 is 1. The van der Waals surface area contributed by atoms with Crippen molar-refractivity contribution in [1.29, 1.82) is 0 Å². The summed E-state index contributed by atoms with van der Waals surface area (Å²) >= 11 is 5.90. The van der Waals surface area contributed by atoms with Crippen LogP contribution in [0.3, 0.4) is 0 Å². The average Bonchev–Trinajstić information content (AvgIpc) is 2.77. The molecule has 3 aromatic carbocycles. The third-order valence-corrected chi connectivity index (χ3v) is 7.16. The molecular formula is C24H20ClNO4S. The molecule has 31 heavy (non-hydrogen) atoms. The molecule has 0 saturated carbocycles. The van der Waals surface area contributed by atoms with Crippen molar-refractivity contribution in [3.05, 3.63) is 99.3 Å². The number of aryl methyl sites for hydroxylation is 1. The topological polar surface area (TPSA) is 65.4 Å². The van der Waals surface area contributed by atoms with Gasteiger partial charge in [0.2, 0.25) is 15.3 Å². The molecule has 0 amide bonds. The van der Waals surface area contributed by atoms with E-state index in [1.54, 1.807) is 22.8 Å². The average molecular weight is 454 g/mol. The predicted molar refractivity (Wildman–Crippen MR) is 122 cm³/mol. The quantitative estimate of drug-likeness (QED) is 0.433. The Hall–Kier alpha value is -3.09. The molecule has 0 bridgehead atoms. The zero-order valence-corrected chi connectivity index (χ0v) is 18.6. The minimum absolute atomic E-state index is 0.0122. The molecule has 7 heteroatoms. The van der Waals surface area contributed by atoms with Crippen molar-refractivity contribution in [1.82, 2.24) is 4.57 Å². The molecule has 0 aliphatic heterocycles. The van der Waals surface area contributed by atoms with Gasteiger partial charge >= 0.3 is 0 Å². The number of hydrogen-bond donors (Lipinski definition) is 0. The number of nitrogens with zero attached hydrogens (tertiary/aromatic N) is 1. The van der Waals surface area contributed by atoms with E-state index < -0.39 is 15.3 Å². The first-order valence-corrected chi connectivity index (χ1v) is 11.4. The van der Waals surface area contributed by atoms with Crippen molar-refractivity contribution in [2.45, 2.75) is 23.3 Å². The van der Waals surface area contributed by atoms with E-state index in [1.165, 1.54) is 37.6 Å². The highest BCUT2D eigenvalue weighted by Crippen LogP contribution is 2.25. The Kier molecular flexibility index (Phi) is 5.60. The first-order chi connectivity index (χ1) is 14.8. The molecule has 0 unspecified atom stereocenters. The maximum atomic E-state index is 13.3. The lowest BCUT2D eigenvalue weighted by Gasteiger charge is -2.15. The van der Waals surface area contributed by atoms with Crippen LogP contribution in [0.15, 0.2) is 87.5 Å².